The minimum Gasteiger partial charge on any atom is -0.356 e. The van der Waals surface area contributed by atoms with Gasteiger partial charge in [-0.25, -0.2) is 0 Å². The fraction of sp³-hybridized carbons (Fsp3) is 0.882. The number of thioether (sulfide) groups is 1. The van der Waals surface area contributed by atoms with Crippen LogP contribution in [-0.4, -0.2) is 23.8 Å². The standard InChI is InChI=1S/C17H33NO2S/c1-15(2)17(20)18-14-12-10-8-6-4-5-7-9-11-13-16(19)21-3/h15H,4-14H2,1-3H3,(H,18,20). The zero-order valence-electron chi connectivity index (χ0n) is 14.1. The number of nitrogens with one attached hydrogen (secondary N) is 1. The smallest absolute Gasteiger partial charge is 0.222 e. The van der Waals surface area contributed by atoms with Gasteiger partial charge in [-0.05, 0) is 19.1 Å². The van der Waals surface area contributed by atoms with Gasteiger partial charge in [-0.1, -0.05) is 70.6 Å². The van der Waals surface area contributed by atoms with Crippen molar-refractivity contribution < 1.29 is 9.59 Å². The number of amides is 1. The van der Waals surface area contributed by atoms with Crippen molar-refractivity contribution in [3.05, 3.63) is 0 Å². The van der Waals surface area contributed by atoms with Crippen LogP contribution in [0.2, 0.25) is 0 Å². The Morgan fingerprint density at radius 2 is 1.33 bits per heavy atom. The molecule has 21 heavy (non-hydrogen) atoms. The highest BCUT2D eigenvalue weighted by molar-refractivity contribution is 8.13. The third kappa shape index (κ3) is 14.2. The fourth-order valence-corrected chi connectivity index (χ4v) is 2.50. The second-order valence-corrected chi connectivity index (χ2v) is 6.82. The molecule has 0 aromatic heterocycles. The van der Waals surface area contributed by atoms with E-state index >= 15 is 0 Å². The van der Waals surface area contributed by atoms with E-state index in [1.54, 1.807) is 0 Å². The minimum atomic E-state index is 0.0937. The molecule has 0 aliphatic heterocycles. The van der Waals surface area contributed by atoms with E-state index in [-0.39, 0.29) is 11.8 Å². The molecule has 0 unspecified atom stereocenters. The summed E-state index contributed by atoms with van der Waals surface area (Å²) in [5.74, 6) is 0.256. The number of carbonyl (C=O) groups excluding carboxylic acids is 2. The third-order valence-electron chi connectivity index (χ3n) is 3.61. The quantitative estimate of drug-likeness (QED) is 0.507. The molecule has 0 aromatic carbocycles. The highest BCUT2D eigenvalue weighted by Crippen LogP contribution is 2.12. The average Bonchev–Trinajstić information content (AvgIpc) is 2.47. The van der Waals surface area contributed by atoms with Crippen LogP contribution in [0.15, 0.2) is 0 Å². The molecule has 4 heteroatoms. The lowest BCUT2D eigenvalue weighted by molar-refractivity contribution is -0.124. The van der Waals surface area contributed by atoms with Gasteiger partial charge in [-0.3, -0.25) is 9.59 Å². The van der Waals surface area contributed by atoms with Gasteiger partial charge in [-0.15, -0.1) is 0 Å². The van der Waals surface area contributed by atoms with Gasteiger partial charge in [0.25, 0.3) is 0 Å². The molecule has 0 rings (SSSR count). The van der Waals surface area contributed by atoms with Gasteiger partial charge in [0.2, 0.25) is 5.91 Å². The normalized spacial score (nSPS) is 10.9. The maximum atomic E-state index is 11.3. The SMILES string of the molecule is CSC(=O)CCCCCCCCCCCNC(=O)C(C)C. The summed E-state index contributed by atoms with van der Waals surface area (Å²) in [7, 11) is 0. The van der Waals surface area contributed by atoms with Gasteiger partial charge in [0, 0.05) is 18.9 Å². The van der Waals surface area contributed by atoms with Crippen molar-refractivity contribution in [2.24, 2.45) is 5.92 Å². The molecule has 1 amide bonds. The first kappa shape index (κ1) is 20.5. The molecule has 0 radical (unpaired) electrons. The molecule has 0 aromatic rings. The van der Waals surface area contributed by atoms with Crippen molar-refractivity contribution in [2.45, 2.75) is 78.1 Å². The van der Waals surface area contributed by atoms with Crippen LogP contribution in [0.3, 0.4) is 0 Å². The van der Waals surface area contributed by atoms with Gasteiger partial charge >= 0.3 is 0 Å². The molecule has 124 valence electrons. The first-order valence-corrected chi connectivity index (χ1v) is 9.65. The monoisotopic (exact) mass is 315 g/mol. The molecule has 1 N–H and O–H groups in total. The van der Waals surface area contributed by atoms with Crippen LogP contribution in [0.25, 0.3) is 0 Å². The number of hydrogen-bond donors (Lipinski definition) is 1. The Bertz CT molecular complexity index is 280. The fourth-order valence-electron chi connectivity index (χ4n) is 2.15. The molecule has 0 atom stereocenters. The van der Waals surface area contributed by atoms with E-state index in [1.807, 2.05) is 20.1 Å². The van der Waals surface area contributed by atoms with Crippen LogP contribution in [0, 0.1) is 5.92 Å². The summed E-state index contributed by atoms with van der Waals surface area (Å²) in [6.45, 7) is 4.67. The van der Waals surface area contributed by atoms with Gasteiger partial charge in [0.1, 0.15) is 0 Å². The summed E-state index contributed by atoms with van der Waals surface area (Å²) in [5.41, 5.74) is 0. The lowest BCUT2D eigenvalue weighted by Gasteiger charge is -2.07. The Hall–Kier alpha value is -0.510. The Balaban J connectivity index is 3.12. The molecule has 0 saturated heterocycles. The van der Waals surface area contributed by atoms with E-state index in [2.05, 4.69) is 5.32 Å². The summed E-state index contributed by atoms with van der Waals surface area (Å²) in [6.07, 6.45) is 13.5. The van der Waals surface area contributed by atoms with Crippen molar-refractivity contribution in [2.75, 3.05) is 12.8 Å². The van der Waals surface area contributed by atoms with Crippen molar-refractivity contribution >= 4 is 22.8 Å². The van der Waals surface area contributed by atoms with E-state index in [4.69, 9.17) is 0 Å². The van der Waals surface area contributed by atoms with Gasteiger partial charge in [-0.2, -0.15) is 0 Å². The Kier molecular flexibility index (Phi) is 14.1. The number of hydrogen-bond acceptors (Lipinski definition) is 3. The highest BCUT2D eigenvalue weighted by Gasteiger charge is 2.04. The van der Waals surface area contributed by atoms with E-state index in [0.717, 1.165) is 25.8 Å². The number of rotatable bonds is 13. The lowest BCUT2D eigenvalue weighted by Crippen LogP contribution is -2.28. The highest BCUT2D eigenvalue weighted by atomic mass is 32.2. The topological polar surface area (TPSA) is 46.2 Å². The predicted molar refractivity (Wildman–Crippen MR) is 92.5 cm³/mol. The summed E-state index contributed by atoms with van der Waals surface area (Å²) in [5, 5.41) is 3.27. The summed E-state index contributed by atoms with van der Waals surface area (Å²) in [6, 6.07) is 0. The molecule has 0 aliphatic rings. The zero-order chi connectivity index (χ0) is 15.9. The second-order valence-electron chi connectivity index (χ2n) is 5.95. The first-order chi connectivity index (χ1) is 10.1. The summed E-state index contributed by atoms with van der Waals surface area (Å²) in [4.78, 5) is 22.4. The third-order valence-corrected chi connectivity index (χ3v) is 4.27. The lowest BCUT2D eigenvalue weighted by atomic mass is 10.1. The van der Waals surface area contributed by atoms with Crippen LogP contribution in [0.1, 0.15) is 78.1 Å². The van der Waals surface area contributed by atoms with Crippen LogP contribution in [-0.2, 0) is 9.59 Å². The van der Waals surface area contributed by atoms with Crippen LogP contribution >= 0.6 is 11.8 Å². The molecule has 0 saturated carbocycles. The maximum absolute atomic E-state index is 11.3. The Morgan fingerprint density at radius 3 is 1.81 bits per heavy atom. The van der Waals surface area contributed by atoms with E-state index in [0.29, 0.717) is 5.12 Å². The number of carbonyl (C=O) groups is 2. The average molecular weight is 316 g/mol. The Morgan fingerprint density at radius 1 is 0.857 bits per heavy atom. The van der Waals surface area contributed by atoms with Crippen molar-refractivity contribution in [3.63, 3.8) is 0 Å². The van der Waals surface area contributed by atoms with Crippen molar-refractivity contribution in [3.8, 4) is 0 Å². The summed E-state index contributed by atoms with van der Waals surface area (Å²) < 4.78 is 0. The Labute approximate surface area is 135 Å². The molecule has 0 fully saturated rings. The van der Waals surface area contributed by atoms with E-state index in [1.165, 1.54) is 56.7 Å². The molecule has 0 aliphatic carbocycles. The van der Waals surface area contributed by atoms with E-state index in [9.17, 15) is 9.59 Å². The van der Waals surface area contributed by atoms with Crippen molar-refractivity contribution in [1.82, 2.24) is 5.32 Å². The minimum absolute atomic E-state index is 0.0937. The molecule has 0 bridgehead atoms. The zero-order valence-corrected chi connectivity index (χ0v) is 14.9. The molecular formula is C17H33NO2S. The van der Waals surface area contributed by atoms with Crippen LogP contribution in [0.5, 0.6) is 0 Å². The molecule has 0 spiro atoms. The van der Waals surface area contributed by atoms with Crippen LogP contribution < -0.4 is 5.32 Å². The van der Waals surface area contributed by atoms with Gasteiger partial charge in [0.05, 0.1) is 0 Å². The molecule has 0 heterocycles. The van der Waals surface area contributed by atoms with Crippen molar-refractivity contribution in [1.29, 1.82) is 0 Å². The largest absolute Gasteiger partial charge is 0.356 e. The second kappa shape index (κ2) is 14.4. The number of unbranched alkanes of at least 4 members (excludes halogenated alkanes) is 8. The maximum Gasteiger partial charge on any atom is 0.222 e. The predicted octanol–water partition coefficient (Wildman–Crippen LogP) is 4.55. The van der Waals surface area contributed by atoms with Crippen LogP contribution in [0.4, 0.5) is 0 Å². The van der Waals surface area contributed by atoms with E-state index < -0.39 is 0 Å². The van der Waals surface area contributed by atoms with Gasteiger partial charge < -0.3 is 5.32 Å². The first-order valence-electron chi connectivity index (χ1n) is 8.42. The molecule has 3 nitrogen and oxygen atoms in total. The summed E-state index contributed by atoms with van der Waals surface area (Å²) >= 11 is 1.34. The van der Waals surface area contributed by atoms with Gasteiger partial charge in [0.15, 0.2) is 5.12 Å². The molecular weight excluding hydrogens is 282 g/mol.